The Hall–Kier alpha value is -3.70. The lowest BCUT2D eigenvalue weighted by Gasteiger charge is -2.22. The fraction of sp³-hybridized carbons (Fsp3) is 0.364. The van der Waals surface area contributed by atoms with Crippen LogP contribution < -0.4 is 5.32 Å². The number of cyclic esters (lactones) is 1. The summed E-state index contributed by atoms with van der Waals surface area (Å²) < 4.78 is 6.56. The van der Waals surface area contributed by atoms with Gasteiger partial charge < -0.3 is 15.2 Å². The number of esters is 1. The number of aromatic nitrogens is 5. The van der Waals surface area contributed by atoms with E-state index in [1.165, 1.54) is 11.0 Å². The molecule has 1 amide bonds. The Morgan fingerprint density at radius 2 is 2.21 bits per heavy atom. The molecule has 11 heteroatoms. The second-order valence-corrected chi connectivity index (χ2v) is 8.27. The van der Waals surface area contributed by atoms with Crippen molar-refractivity contribution in [3.8, 4) is 5.69 Å². The maximum atomic E-state index is 12.6. The molecule has 1 aromatic carbocycles. The van der Waals surface area contributed by atoms with Crippen molar-refractivity contribution < 1.29 is 19.4 Å². The summed E-state index contributed by atoms with van der Waals surface area (Å²) in [6.07, 6.45) is 3.09. The number of pyridine rings is 1. The number of carbonyl (C=O) groups excluding carboxylic acids is 2. The van der Waals surface area contributed by atoms with Gasteiger partial charge in [-0.05, 0) is 53.1 Å². The fourth-order valence-corrected chi connectivity index (χ4v) is 4.38. The van der Waals surface area contributed by atoms with E-state index in [1.807, 2.05) is 6.92 Å². The maximum Gasteiger partial charge on any atom is 0.338 e. The van der Waals surface area contributed by atoms with Gasteiger partial charge in [-0.25, -0.2) is 9.78 Å². The molecule has 1 fully saturated rings. The number of carbonyl (C=O) groups is 2. The molecule has 3 aromatic rings. The second kappa shape index (κ2) is 8.68. The zero-order chi connectivity index (χ0) is 22.9. The highest BCUT2D eigenvalue weighted by atomic mass is 16.5. The molecule has 1 saturated heterocycles. The van der Waals surface area contributed by atoms with Gasteiger partial charge in [-0.3, -0.25) is 9.69 Å². The van der Waals surface area contributed by atoms with Gasteiger partial charge in [0.1, 0.15) is 18.6 Å². The first kappa shape index (κ1) is 21.2. The summed E-state index contributed by atoms with van der Waals surface area (Å²) in [5, 5.41) is 24.8. The van der Waals surface area contributed by atoms with Crippen LogP contribution in [0.1, 0.15) is 50.1 Å². The predicted octanol–water partition coefficient (Wildman–Crippen LogP) is 0.574. The number of nitrogens with one attached hydrogen (secondary N) is 1. The van der Waals surface area contributed by atoms with Gasteiger partial charge in [-0.2, -0.15) is 4.68 Å². The number of aliphatic hydroxyl groups is 1. The lowest BCUT2D eigenvalue weighted by Crippen LogP contribution is -2.38. The molecule has 2 aromatic heterocycles. The van der Waals surface area contributed by atoms with Crippen molar-refractivity contribution in [2.75, 3.05) is 19.6 Å². The Balaban J connectivity index is 1.17. The highest BCUT2D eigenvalue weighted by Gasteiger charge is 2.29. The monoisotopic (exact) mass is 449 g/mol. The smallest absolute Gasteiger partial charge is 0.338 e. The minimum absolute atomic E-state index is 0.0298. The van der Waals surface area contributed by atoms with Crippen LogP contribution in [0.15, 0.2) is 36.8 Å². The van der Waals surface area contributed by atoms with Gasteiger partial charge in [0.05, 0.1) is 23.6 Å². The minimum Gasteiger partial charge on any atom is -0.457 e. The number of rotatable bonds is 6. The normalized spacial score (nSPS) is 18.7. The van der Waals surface area contributed by atoms with Gasteiger partial charge in [0, 0.05) is 31.2 Å². The van der Waals surface area contributed by atoms with Crippen molar-refractivity contribution in [3.63, 3.8) is 0 Å². The van der Waals surface area contributed by atoms with Gasteiger partial charge in [0.25, 0.3) is 5.91 Å². The lowest BCUT2D eigenvalue weighted by atomic mass is 9.95. The molecule has 0 unspecified atom stereocenters. The van der Waals surface area contributed by atoms with Crippen molar-refractivity contribution in [2.45, 2.75) is 32.1 Å². The quantitative estimate of drug-likeness (QED) is 0.518. The van der Waals surface area contributed by atoms with Crippen molar-refractivity contribution in [1.82, 2.24) is 35.4 Å². The number of tetrazole rings is 1. The Morgan fingerprint density at radius 1 is 1.33 bits per heavy atom. The zero-order valence-corrected chi connectivity index (χ0v) is 18.0. The molecular formula is C22H23N7O4. The largest absolute Gasteiger partial charge is 0.457 e. The van der Waals surface area contributed by atoms with Crippen LogP contribution in [0.4, 0.5) is 0 Å². The van der Waals surface area contributed by atoms with Crippen LogP contribution >= 0.6 is 0 Å². The molecule has 11 nitrogen and oxygen atoms in total. The van der Waals surface area contributed by atoms with E-state index in [9.17, 15) is 14.7 Å². The van der Waals surface area contributed by atoms with Gasteiger partial charge in [0.2, 0.25) is 0 Å². The Labute approximate surface area is 189 Å². The van der Waals surface area contributed by atoms with Crippen LogP contribution in [0.5, 0.6) is 0 Å². The van der Waals surface area contributed by atoms with Crippen LogP contribution in [0.2, 0.25) is 0 Å². The van der Waals surface area contributed by atoms with E-state index in [2.05, 4.69) is 30.7 Å². The van der Waals surface area contributed by atoms with Crippen LogP contribution in [-0.2, 0) is 11.3 Å². The van der Waals surface area contributed by atoms with Gasteiger partial charge in [0.15, 0.2) is 0 Å². The molecule has 5 rings (SSSR count). The number of benzene rings is 1. The maximum absolute atomic E-state index is 12.6. The third-order valence-electron chi connectivity index (χ3n) is 6.20. The molecule has 2 atom stereocenters. The number of hydrogen-bond acceptors (Lipinski definition) is 9. The number of β-amino-alcohol motifs (C(OH)–C–C–N with tert-alkyl or cyclic N) is 1. The standard InChI is InChI=1S/C22H23N7O4/c1-13-16(3-4-17-18(13)11-33-22(17)32)20(30)10-28-7-6-14(9-28)25-21(31)19-5-2-15(8-23-19)29-12-24-26-27-29/h2-5,8,12,14,20,30H,6-7,9-11H2,1H3,(H,25,31)/t14-,20+/m0/s1. The topological polar surface area (TPSA) is 135 Å². The molecule has 4 heterocycles. The van der Waals surface area contributed by atoms with E-state index in [0.29, 0.717) is 30.0 Å². The van der Waals surface area contributed by atoms with Crippen LogP contribution in [0, 0.1) is 6.92 Å². The average Bonchev–Trinajstić information content (AvgIpc) is 3.57. The Kier molecular flexibility index (Phi) is 5.56. The Morgan fingerprint density at radius 3 is 2.97 bits per heavy atom. The number of hydrogen-bond donors (Lipinski definition) is 2. The summed E-state index contributed by atoms with van der Waals surface area (Å²) in [5.41, 5.74) is 4.09. The SMILES string of the molecule is Cc1c([C@H](O)CN2CC[C@H](NC(=O)c3ccc(-n4cnnn4)cn3)C2)ccc2c1COC2=O. The number of fused-ring (bicyclic) bond motifs is 1. The van der Waals surface area contributed by atoms with Gasteiger partial charge in [-0.15, -0.1) is 5.10 Å². The summed E-state index contributed by atoms with van der Waals surface area (Å²) >= 11 is 0. The first-order valence-electron chi connectivity index (χ1n) is 10.7. The zero-order valence-electron chi connectivity index (χ0n) is 18.0. The Bertz CT molecular complexity index is 1180. The summed E-state index contributed by atoms with van der Waals surface area (Å²) in [6.45, 7) is 4.00. The number of ether oxygens (including phenoxy) is 1. The highest BCUT2D eigenvalue weighted by molar-refractivity contribution is 5.94. The molecule has 33 heavy (non-hydrogen) atoms. The lowest BCUT2D eigenvalue weighted by molar-refractivity contribution is 0.0534. The molecule has 0 aliphatic carbocycles. The van der Waals surface area contributed by atoms with Crippen molar-refractivity contribution >= 4 is 11.9 Å². The molecular weight excluding hydrogens is 426 g/mol. The van der Waals surface area contributed by atoms with Crippen molar-refractivity contribution in [1.29, 1.82) is 0 Å². The van der Waals surface area contributed by atoms with E-state index < -0.39 is 6.10 Å². The first-order chi connectivity index (χ1) is 16.0. The van der Waals surface area contributed by atoms with E-state index in [-0.39, 0.29) is 24.5 Å². The third-order valence-corrected chi connectivity index (χ3v) is 6.20. The molecule has 0 spiro atoms. The second-order valence-electron chi connectivity index (χ2n) is 8.27. The average molecular weight is 449 g/mol. The van der Waals surface area contributed by atoms with Gasteiger partial charge >= 0.3 is 5.97 Å². The minimum atomic E-state index is -0.694. The van der Waals surface area contributed by atoms with Crippen molar-refractivity contribution in [2.24, 2.45) is 0 Å². The van der Waals surface area contributed by atoms with Crippen molar-refractivity contribution in [3.05, 3.63) is 64.7 Å². The summed E-state index contributed by atoms with van der Waals surface area (Å²) in [4.78, 5) is 30.7. The van der Waals surface area contributed by atoms with E-state index in [4.69, 9.17) is 4.74 Å². The summed E-state index contributed by atoms with van der Waals surface area (Å²) in [5.74, 6) is -0.559. The van der Waals surface area contributed by atoms with Crippen LogP contribution in [0.25, 0.3) is 5.69 Å². The molecule has 0 saturated carbocycles. The number of aliphatic hydroxyl groups excluding tert-OH is 1. The molecule has 2 aliphatic heterocycles. The third kappa shape index (κ3) is 4.20. The summed E-state index contributed by atoms with van der Waals surface area (Å²) in [7, 11) is 0. The number of likely N-dealkylation sites (tertiary alicyclic amines) is 1. The van der Waals surface area contributed by atoms with E-state index in [1.54, 1.807) is 30.5 Å². The molecule has 2 N–H and O–H groups in total. The summed E-state index contributed by atoms with van der Waals surface area (Å²) in [6, 6.07) is 6.85. The molecule has 0 radical (unpaired) electrons. The first-order valence-corrected chi connectivity index (χ1v) is 10.7. The number of amides is 1. The van der Waals surface area contributed by atoms with E-state index in [0.717, 1.165) is 29.7 Å². The van der Waals surface area contributed by atoms with Crippen LogP contribution in [-0.4, -0.2) is 72.8 Å². The van der Waals surface area contributed by atoms with Gasteiger partial charge in [-0.1, -0.05) is 6.07 Å². The van der Waals surface area contributed by atoms with Crippen LogP contribution in [0.3, 0.4) is 0 Å². The fourth-order valence-electron chi connectivity index (χ4n) is 4.38. The molecule has 0 bridgehead atoms. The molecule has 2 aliphatic rings. The molecule has 170 valence electrons. The van der Waals surface area contributed by atoms with E-state index >= 15 is 0 Å². The highest BCUT2D eigenvalue weighted by Crippen LogP contribution is 2.29. The predicted molar refractivity (Wildman–Crippen MR) is 115 cm³/mol. The number of nitrogens with zero attached hydrogens (tertiary/aromatic N) is 6.